The van der Waals surface area contributed by atoms with Gasteiger partial charge < -0.3 is 9.80 Å². The fourth-order valence-corrected chi connectivity index (χ4v) is 4.93. The predicted molar refractivity (Wildman–Crippen MR) is 95.6 cm³/mol. The third kappa shape index (κ3) is 2.15. The predicted octanol–water partition coefficient (Wildman–Crippen LogP) is 2.36. The van der Waals surface area contributed by atoms with Crippen LogP contribution in [0, 0.1) is 18.8 Å². The summed E-state index contributed by atoms with van der Waals surface area (Å²) in [6.45, 7) is 6.35. The van der Waals surface area contributed by atoms with Crippen LogP contribution in [0.2, 0.25) is 0 Å². The van der Waals surface area contributed by atoms with Gasteiger partial charge in [-0.05, 0) is 18.4 Å². The zero-order valence-corrected chi connectivity index (χ0v) is 14.3. The number of hydrogen-bond donors (Lipinski definition) is 0. The lowest BCUT2D eigenvalue weighted by atomic mass is 10.0. The average Bonchev–Trinajstić information content (AvgIpc) is 3.28. The molecule has 122 valence electrons. The summed E-state index contributed by atoms with van der Waals surface area (Å²) < 4.78 is 1.21. The number of anilines is 2. The molecule has 6 nitrogen and oxygen atoms in total. The van der Waals surface area contributed by atoms with Gasteiger partial charge in [-0.25, -0.2) is 19.9 Å². The van der Waals surface area contributed by atoms with Gasteiger partial charge >= 0.3 is 0 Å². The first-order valence-electron chi connectivity index (χ1n) is 8.24. The Kier molecular flexibility index (Phi) is 3.16. The maximum Gasteiger partial charge on any atom is 0.150 e. The Morgan fingerprint density at radius 2 is 1.67 bits per heavy atom. The van der Waals surface area contributed by atoms with Crippen molar-refractivity contribution in [2.24, 2.45) is 11.8 Å². The third-order valence-corrected chi connectivity index (χ3v) is 6.08. The summed E-state index contributed by atoms with van der Waals surface area (Å²) in [5.41, 5.74) is 2.21. The minimum Gasteiger partial charge on any atom is -0.356 e. The van der Waals surface area contributed by atoms with E-state index in [2.05, 4.69) is 48.1 Å². The molecule has 3 aromatic rings. The summed E-state index contributed by atoms with van der Waals surface area (Å²) in [6, 6.07) is 2.07. The quantitative estimate of drug-likeness (QED) is 0.715. The third-order valence-electron chi connectivity index (χ3n) is 5.18. The lowest BCUT2D eigenvalue weighted by Crippen LogP contribution is -2.30. The van der Waals surface area contributed by atoms with E-state index in [0.29, 0.717) is 11.8 Å². The van der Waals surface area contributed by atoms with Gasteiger partial charge in [0, 0.05) is 49.8 Å². The Labute approximate surface area is 144 Å². The fraction of sp³-hybridized carbons (Fsp3) is 0.412. The minimum atomic E-state index is 0.671. The Morgan fingerprint density at radius 1 is 0.958 bits per heavy atom. The van der Waals surface area contributed by atoms with Crippen molar-refractivity contribution in [1.82, 2.24) is 19.9 Å². The molecule has 0 N–H and O–H groups in total. The topological polar surface area (TPSA) is 58.0 Å². The van der Waals surface area contributed by atoms with E-state index in [1.165, 1.54) is 4.70 Å². The first-order valence-corrected chi connectivity index (χ1v) is 9.12. The Hall–Kier alpha value is -2.28. The van der Waals surface area contributed by atoms with E-state index < -0.39 is 0 Å². The highest BCUT2D eigenvalue weighted by atomic mass is 32.1. The SMILES string of the molecule is Cc1cncnc1N1CC2CN(c3ncnc4ccsc34)CC2C1. The number of nitrogens with zero attached hydrogens (tertiary/aromatic N) is 6. The normalized spacial score (nSPS) is 23.2. The first-order chi connectivity index (χ1) is 11.8. The molecule has 3 aromatic heterocycles. The standard InChI is InChI=1S/C17H18N6S/c1-11-4-18-9-20-16(11)22-5-12-7-23(8-13(12)6-22)17-15-14(2-3-24-15)19-10-21-17/h2-4,9-10,12-13H,5-8H2,1H3. The second-order valence-electron chi connectivity index (χ2n) is 6.69. The van der Waals surface area contributed by atoms with Crippen molar-refractivity contribution in [1.29, 1.82) is 0 Å². The maximum atomic E-state index is 4.57. The minimum absolute atomic E-state index is 0.671. The highest BCUT2D eigenvalue weighted by Gasteiger charge is 2.41. The van der Waals surface area contributed by atoms with Crippen LogP contribution < -0.4 is 9.80 Å². The molecule has 0 aliphatic carbocycles. The van der Waals surface area contributed by atoms with Crippen molar-refractivity contribution >= 4 is 33.2 Å². The van der Waals surface area contributed by atoms with Crippen LogP contribution in [-0.2, 0) is 0 Å². The van der Waals surface area contributed by atoms with E-state index in [1.807, 2.05) is 6.20 Å². The second kappa shape index (κ2) is 5.37. The molecule has 5 heterocycles. The summed E-state index contributed by atoms with van der Waals surface area (Å²) in [7, 11) is 0. The average molecular weight is 338 g/mol. The molecule has 0 amide bonds. The molecule has 2 aliphatic rings. The molecule has 0 radical (unpaired) electrons. The van der Waals surface area contributed by atoms with Crippen molar-refractivity contribution in [3.63, 3.8) is 0 Å². The molecule has 7 heteroatoms. The van der Waals surface area contributed by atoms with Crippen LogP contribution in [0.25, 0.3) is 10.2 Å². The van der Waals surface area contributed by atoms with Gasteiger partial charge in [0.05, 0.1) is 10.2 Å². The summed E-state index contributed by atoms with van der Waals surface area (Å²) in [5, 5.41) is 2.10. The summed E-state index contributed by atoms with van der Waals surface area (Å²) in [6.07, 6.45) is 5.24. The van der Waals surface area contributed by atoms with E-state index >= 15 is 0 Å². The largest absolute Gasteiger partial charge is 0.356 e. The molecule has 2 aliphatic heterocycles. The molecular formula is C17H18N6S. The molecule has 5 rings (SSSR count). The van der Waals surface area contributed by atoms with Gasteiger partial charge in [0.1, 0.15) is 24.3 Å². The van der Waals surface area contributed by atoms with Crippen molar-refractivity contribution in [3.05, 3.63) is 35.9 Å². The van der Waals surface area contributed by atoms with Crippen molar-refractivity contribution in [2.75, 3.05) is 36.0 Å². The number of thiophene rings is 1. The van der Waals surface area contributed by atoms with Gasteiger partial charge in [0.15, 0.2) is 0 Å². The van der Waals surface area contributed by atoms with Gasteiger partial charge in [-0.2, -0.15) is 0 Å². The second-order valence-corrected chi connectivity index (χ2v) is 7.61. The van der Waals surface area contributed by atoms with Crippen LogP contribution in [0.1, 0.15) is 5.56 Å². The van der Waals surface area contributed by atoms with Crippen LogP contribution >= 0.6 is 11.3 Å². The van der Waals surface area contributed by atoms with Crippen LogP contribution in [0.5, 0.6) is 0 Å². The van der Waals surface area contributed by atoms with Gasteiger partial charge in [0.2, 0.25) is 0 Å². The molecule has 0 bridgehead atoms. The van der Waals surface area contributed by atoms with E-state index in [0.717, 1.165) is 48.9 Å². The molecule has 0 spiro atoms. The molecule has 2 saturated heterocycles. The molecular weight excluding hydrogens is 320 g/mol. The van der Waals surface area contributed by atoms with Crippen LogP contribution in [0.3, 0.4) is 0 Å². The van der Waals surface area contributed by atoms with Gasteiger partial charge in [-0.15, -0.1) is 11.3 Å². The lowest BCUT2D eigenvalue weighted by molar-refractivity contribution is 0.533. The molecule has 0 saturated carbocycles. The Bertz CT molecular complexity index is 879. The van der Waals surface area contributed by atoms with Crippen LogP contribution in [-0.4, -0.2) is 46.1 Å². The zero-order chi connectivity index (χ0) is 16.1. The van der Waals surface area contributed by atoms with Crippen molar-refractivity contribution in [3.8, 4) is 0 Å². The number of fused-ring (bicyclic) bond motifs is 2. The lowest BCUT2D eigenvalue weighted by Gasteiger charge is -2.24. The Morgan fingerprint density at radius 3 is 2.42 bits per heavy atom. The first kappa shape index (κ1) is 14.1. The van der Waals surface area contributed by atoms with Gasteiger partial charge in [-0.1, -0.05) is 0 Å². The Balaban J connectivity index is 1.37. The van der Waals surface area contributed by atoms with Crippen molar-refractivity contribution < 1.29 is 0 Å². The zero-order valence-electron chi connectivity index (χ0n) is 13.5. The van der Waals surface area contributed by atoms with E-state index in [4.69, 9.17) is 0 Å². The number of aryl methyl sites for hydroxylation is 1. The van der Waals surface area contributed by atoms with Gasteiger partial charge in [-0.3, -0.25) is 0 Å². The molecule has 2 fully saturated rings. The monoisotopic (exact) mass is 338 g/mol. The van der Waals surface area contributed by atoms with E-state index in [-0.39, 0.29) is 0 Å². The van der Waals surface area contributed by atoms with Crippen molar-refractivity contribution in [2.45, 2.75) is 6.92 Å². The summed E-state index contributed by atoms with van der Waals surface area (Å²) in [4.78, 5) is 22.4. The molecule has 0 aromatic carbocycles. The number of rotatable bonds is 2. The highest BCUT2D eigenvalue weighted by molar-refractivity contribution is 7.17. The maximum absolute atomic E-state index is 4.57. The number of hydrogen-bond acceptors (Lipinski definition) is 7. The fourth-order valence-electron chi connectivity index (χ4n) is 4.06. The smallest absolute Gasteiger partial charge is 0.150 e. The van der Waals surface area contributed by atoms with Crippen LogP contribution in [0.4, 0.5) is 11.6 Å². The molecule has 2 atom stereocenters. The number of aromatic nitrogens is 4. The van der Waals surface area contributed by atoms with Gasteiger partial charge in [0.25, 0.3) is 0 Å². The van der Waals surface area contributed by atoms with E-state index in [9.17, 15) is 0 Å². The van der Waals surface area contributed by atoms with E-state index in [1.54, 1.807) is 24.0 Å². The molecule has 2 unspecified atom stereocenters. The summed E-state index contributed by atoms with van der Waals surface area (Å²) >= 11 is 1.73. The van der Waals surface area contributed by atoms with Crippen LogP contribution in [0.15, 0.2) is 30.3 Å². The summed E-state index contributed by atoms with van der Waals surface area (Å²) in [5.74, 6) is 3.54. The highest BCUT2D eigenvalue weighted by Crippen LogP contribution is 2.38. The molecule has 24 heavy (non-hydrogen) atoms.